The molecule has 0 bridgehead atoms. The Balaban J connectivity index is 1.28. The molecule has 0 amide bonds. The van der Waals surface area contributed by atoms with Gasteiger partial charge in [0.1, 0.15) is 32.3 Å². The van der Waals surface area contributed by atoms with Crippen LogP contribution in [-0.2, 0) is 69.8 Å². The molecule has 0 radical (unpaired) electrons. The molecule has 0 saturated carbocycles. The monoisotopic (exact) mass is 754 g/mol. The minimum absolute atomic E-state index is 0.0144. The van der Waals surface area contributed by atoms with Gasteiger partial charge in [-0.25, -0.2) is 14.6 Å². The number of carbonyl (C=O) groups is 2. The highest BCUT2D eigenvalue weighted by molar-refractivity contribution is 7.09. The van der Waals surface area contributed by atoms with Crippen LogP contribution in [0.15, 0.2) is 102 Å². The second-order valence-corrected chi connectivity index (χ2v) is 13.2. The highest BCUT2D eigenvalue weighted by Gasteiger charge is 2.17. The lowest BCUT2D eigenvalue weighted by Crippen LogP contribution is -2.12. The number of rotatable bonds is 20. The molecule has 2 heterocycles. The highest BCUT2D eigenvalue weighted by atomic mass is 32.1. The maximum atomic E-state index is 13.6. The molecule has 54 heavy (non-hydrogen) atoms. The van der Waals surface area contributed by atoms with Gasteiger partial charge in [-0.2, -0.15) is 0 Å². The van der Waals surface area contributed by atoms with Gasteiger partial charge in [-0.1, -0.05) is 80.1 Å². The van der Waals surface area contributed by atoms with E-state index in [1.54, 1.807) is 78.2 Å². The van der Waals surface area contributed by atoms with E-state index in [1.807, 2.05) is 35.7 Å². The quantitative estimate of drug-likeness (QED) is 0.0333. The molecular weight excluding hydrogens is 717 g/mol. The fraction of sp³-hybridized carbons (Fsp3) is 0.256. The van der Waals surface area contributed by atoms with Crippen molar-refractivity contribution in [3.05, 3.63) is 172 Å². The summed E-state index contributed by atoms with van der Waals surface area (Å²) in [5.74, 6) is -0.101. The number of thiophene rings is 1. The Morgan fingerprint density at radius 1 is 0.778 bits per heavy atom. The first-order valence-electron chi connectivity index (χ1n) is 17.1. The second kappa shape index (κ2) is 19.5. The van der Waals surface area contributed by atoms with Gasteiger partial charge in [-0.3, -0.25) is 0 Å². The van der Waals surface area contributed by atoms with Gasteiger partial charge in [0, 0.05) is 29.8 Å². The van der Waals surface area contributed by atoms with Crippen molar-refractivity contribution in [3.8, 4) is 0 Å². The number of hydrogen-bond donors (Lipinski definition) is 0. The summed E-state index contributed by atoms with van der Waals surface area (Å²) in [5, 5.41) is 21.2. The van der Waals surface area contributed by atoms with Gasteiger partial charge in [-0.15, -0.1) is 31.6 Å². The first-order valence-corrected chi connectivity index (χ1v) is 18.0. The number of nitrogens with zero attached hydrogens (tertiary/aromatic N) is 4. The molecule has 0 aliphatic rings. The van der Waals surface area contributed by atoms with Crippen molar-refractivity contribution < 1.29 is 38.9 Å². The number of hydrogen-bond acceptors (Lipinski definition) is 12. The average Bonchev–Trinajstić information content (AvgIpc) is 3.84. The van der Waals surface area contributed by atoms with Crippen LogP contribution in [0.2, 0.25) is 0 Å². The van der Waals surface area contributed by atoms with Crippen LogP contribution in [0.25, 0.3) is 6.08 Å². The number of esters is 2. The molecule has 0 saturated heterocycles. The van der Waals surface area contributed by atoms with E-state index in [2.05, 4.69) is 21.2 Å². The van der Waals surface area contributed by atoms with Crippen molar-refractivity contribution in [3.63, 3.8) is 0 Å². The van der Waals surface area contributed by atoms with Crippen molar-refractivity contribution in [1.82, 2.24) is 9.55 Å². The summed E-state index contributed by atoms with van der Waals surface area (Å²) < 4.78 is 13.3. The minimum Gasteiger partial charge on any atom is -0.457 e. The Labute approximate surface area is 314 Å². The molecule has 0 atom stereocenters. The van der Waals surface area contributed by atoms with Gasteiger partial charge >= 0.3 is 11.9 Å². The summed E-state index contributed by atoms with van der Waals surface area (Å²) in [6.07, 6.45) is 6.59. The minimum atomic E-state index is -0.851. The van der Waals surface area contributed by atoms with E-state index in [0.29, 0.717) is 35.2 Å². The Hall–Kier alpha value is -6.35. The lowest BCUT2D eigenvalue weighted by atomic mass is 10.1. The van der Waals surface area contributed by atoms with Crippen molar-refractivity contribution in [1.29, 1.82) is 0 Å². The topological polar surface area (TPSA) is 175 Å². The van der Waals surface area contributed by atoms with Crippen LogP contribution in [0.4, 0.5) is 0 Å². The molecule has 0 fully saturated rings. The molecular formula is C39H38N4O10S. The van der Waals surface area contributed by atoms with E-state index >= 15 is 0 Å². The molecule has 15 heteroatoms. The highest BCUT2D eigenvalue weighted by Crippen LogP contribution is 2.22. The normalized spacial score (nSPS) is 11.2. The third-order valence-electron chi connectivity index (χ3n) is 8.24. The molecule has 14 nitrogen and oxygen atoms in total. The summed E-state index contributed by atoms with van der Waals surface area (Å²) in [6.45, 7) is 2.27. The van der Waals surface area contributed by atoms with E-state index < -0.39 is 22.1 Å². The number of carbonyl (C=O) groups excluding carboxylic acids is 2. The number of aromatic nitrogens is 2. The summed E-state index contributed by atoms with van der Waals surface area (Å²) in [4.78, 5) is 61.8. The van der Waals surface area contributed by atoms with Crippen LogP contribution >= 0.6 is 11.3 Å². The Morgan fingerprint density at radius 3 is 1.87 bits per heavy atom. The first-order chi connectivity index (χ1) is 26.2. The zero-order valence-corrected chi connectivity index (χ0v) is 30.3. The maximum absolute atomic E-state index is 13.6. The molecule has 5 rings (SSSR count). The molecule has 5 aromatic rings. The molecule has 280 valence electrons. The first kappa shape index (κ1) is 38.9. The standard InChI is InChI=1S/C39H38N4O10S/c1-2-3-6-37-40-22-35(20-34(21-36-5-4-19-54-36)39(45)51-25-30-9-13-32(14-10-30)27-53-43(48)49)41(37)23-28-15-17-33(18-16-28)38(44)50-24-29-7-11-31(12-8-29)26-52-42(46)47/h4-5,7-20,22H,2-3,6,21,23-27H2,1H3. The zero-order valence-electron chi connectivity index (χ0n) is 29.5. The average molecular weight is 755 g/mol. The molecule has 0 aliphatic carbocycles. The van der Waals surface area contributed by atoms with Crippen molar-refractivity contribution >= 4 is 29.4 Å². The van der Waals surface area contributed by atoms with Gasteiger partial charge in [0.25, 0.3) is 10.2 Å². The number of aryl methyl sites for hydroxylation is 1. The Kier molecular flexibility index (Phi) is 14.0. The van der Waals surface area contributed by atoms with Crippen molar-refractivity contribution in [2.24, 2.45) is 0 Å². The lowest BCUT2D eigenvalue weighted by Gasteiger charge is -2.13. The van der Waals surface area contributed by atoms with Gasteiger partial charge in [0.2, 0.25) is 0 Å². The van der Waals surface area contributed by atoms with E-state index in [9.17, 15) is 29.8 Å². The summed E-state index contributed by atoms with van der Waals surface area (Å²) in [6, 6.07) is 24.6. The summed E-state index contributed by atoms with van der Waals surface area (Å²) in [5.41, 5.74) is 5.17. The SMILES string of the molecule is CCCCc1ncc(C=C(Cc2cccs2)C(=O)OCc2ccc(CO[N+](=O)[O-])cc2)n1Cc1ccc(C(=O)OCc2ccc(CO[N+](=O)[O-])cc2)cc1. The predicted molar refractivity (Wildman–Crippen MR) is 198 cm³/mol. The fourth-order valence-electron chi connectivity index (χ4n) is 5.34. The molecule has 2 aromatic heterocycles. The zero-order chi connectivity index (χ0) is 38.3. The van der Waals surface area contributed by atoms with E-state index in [-0.39, 0.29) is 26.4 Å². The van der Waals surface area contributed by atoms with Gasteiger partial charge in [-0.05, 0) is 63.9 Å². The molecule has 0 spiro atoms. The van der Waals surface area contributed by atoms with Crippen LogP contribution in [-0.4, -0.2) is 31.7 Å². The van der Waals surface area contributed by atoms with Gasteiger partial charge in [0.15, 0.2) is 0 Å². The number of benzene rings is 3. The van der Waals surface area contributed by atoms with Gasteiger partial charge < -0.3 is 23.7 Å². The Morgan fingerprint density at radius 2 is 1.33 bits per heavy atom. The van der Waals surface area contributed by atoms with Crippen LogP contribution in [0.1, 0.15) is 74.3 Å². The molecule has 3 aromatic carbocycles. The fourth-order valence-corrected chi connectivity index (χ4v) is 6.07. The third-order valence-corrected chi connectivity index (χ3v) is 9.12. The van der Waals surface area contributed by atoms with Crippen LogP contribution in [0.3, 0.4) is 0 Å². The maximum Gasteiger partial charge on any atom is 0.338 e. The predicted octanol–water partition coefficient (Wildman–Crippen LogP) is 7.48. The number of imidazole rings is 1. The molecule has 0 N–H and O–H groups in total. The van der Waals surface area contributed by atoms with Crippen LogP contribution in [0, 0.1) is 20.2 Å². The second-order valence-electron chi connectivity index (χ2n) is 12.2. The summed E-state index contributed by atoms with van der Waals surface area (Å²) >= 11 is 1.54. The number of unbranched alkanes of at least 4 members (excludes halogenated alkanes) is 1. The lowest BCUT2D eigenvalue weighted by molar-refractivity contribution is -0.763. The van der Waals surface area contributed by atoms with Crippen LogP contribution in [0.5, 0.6) is 0 Å². The van der Waals surface area contributed by atoms with Gasteiger partial charge in [0.05, 0.1) is 17.5 Å². The summed E-state index contributed by atoms with van der Waals surface area (Å²) in [7, 11) is 0. The van der Waals surface area contributed by atoms with E-state index in [0.717, 1.165) is 52.3 Å². The number of ether oxygens (including phenoxy) is 2. The Bertz CT molecular complexity index is 2040. The molecule has 0 unspecified atom stereocenters. The third kappa shape index (κ3) is 11.8. The van der Waals surface area contributed by atoms with E-state index in [1.165, 1.54) is 0 Å². The largest absolute Gasteiger partial charge is 0.457 e. The van der Waals surface area contributed by atoms with E-state index in [4.69, 9.17) is 14.5 Å². The van der Waals surface area contributed by atoms with Crippen molar-refractivity contribution in [2.75, 3.05) is 0 Å². The van der Waals surface area contributed by atoms with Crippen molar-refractivity contribution in [2.45, 2.75) is 65.6 Å². The van der Waals surface area contributed by atoms with Crippen LogP contribution < -0.4 is 0 Å². The molecule has 0 aliphatic heterocycles. The smallest absolute Gasteiger partial charge is 0.338 e.